The van der Waals surface area contributed by atoms with Gasteiger partial charge in [-0.25, -0.2) is 0 Å². The standard InChI is InChI=1S/C12H14ClF3OSi/c1-4-11(17-18(2)3)8-5-6-10(13)9(7-8)12(14,15)16/h4-7,18H,1-3H3. The number of hydrogen-bond donors (Lipinski definition) is 0. The van der Waals surface area contributed by atoms with Gasteiger partial charge in [0.05, 0.1) is 10.6 Å². The van der Waals surface area contributed by atoms with Crippen molar-refractivity contribution in [2.45, 2.75) is 26.2 Å². The Kier molecular flexibility index (Phi) is 4.87. The zero-order valence-electron chi connectivity index (χ0n) is 10.3. The Labute approximate surface area is 111 Å². The van der Waals surface area contributed by atoms with Crippen LogP contribution in [0.3, 0.4) is 0 Å². The molecule has 0 heterocycles. The van der Waals surface area contributed by atoms with Crippen molar-refractivity contribution >= 4 is 26.4 Å². The molecular weight excluding hydrogens is 281 g/mol. The van der Waals surface area contributed by atoms with Gasteiger partial charge in [-0.05, 0) is 44.3 Å². The molecule has 0 amide bonds. The predicted octanol–water partition coefficient (Wildman–Crippen LogP) is 4.72. The molecule has 0 saturated heterocycles. The molecule has 0 fully saturated rings. The minimum absolute atomic E-state index is 0.302. The molecule has 0 radical (unpaired) electrons. The average molecular weight is 295 g/mol. The summed E-state index contributed by atoms with van der Waals surface area (Å²) in [6.07, 6.45) is -2.79. The van der Waals surface area contributed by atoms with Crippen molar-refractivity contribution in [3.8, 4) is 0 Å². The largest absolute Gasteiger partial charge is 0.547 e. The van der Waals surface area contributed by atoms with Crippen molar-refractivity contribution in [2.75, 3.05) is 0 Å². The van der Waals surface area contributed by atoms with Crippen LogP contribution in [0, 0.1) is 0 Å². The van der Waals surface area contributed by atoms with Crippen LogP contribution >= 0.6 is 11.6 Å². The second-order valence-electron chi connectivity index (χ2n) is 4.01. The number of allylic oxidation sites excluding steroid dienone is 1. The Bertz CT molecular complexity index is 455. The van der Waals surface area contributed by atoms with Gasteiger partial charge < -0.3 is 4.43 Å². The fourth-order valence-electron chi connectivity index (χ4n) is 1.45. The van der Waals surface area contributed by atoms with E-state index in [1.807, 2.05) is 13.1 Å². The van der Waals surface area contributed by atoms with Crippen molar-refractivity contribution in [1.29, 1.82) is 0 Å². The first-order chi connectivity index (χ1) is 8.25. The van der Waals surface area contributed by atoms with Crippen LogP contribution < -0.4 is 0 Å². The Balaban J connectivity index is 3.19. The molecule has 0 aliphatic carbocycles. The summed E-state index contributed by atoms with van der Waals surface area (Å²) in [7, 11) is -1.37. The fraction of sp³-hybridized carbons (Fsp3) is 0.333. The molecular formula is C12H14ClF3OSi. The topological polar surface area (TPSA) is 9.23 Å². The number of alkyl halides is 3. The normalized spacial score (nSPS) is 13.0. The van der Waals surface area contributed by atoms with Gasteiger partial charge in [-0.15, -0.1) is 0 Å². The zero-order chi connectivity index (χ0) is 13.9. The van der Waals surface area contributed by atoms with E-state index in [4.69, 9.17) is 16.0 Å². The van der Waals surface area contributed by atoms with E-state index in [1.165, 1.54) is 12.1 Å². The Morgan fingerprint density at radius 2 is 1.94 bits per heavy atom. The highest BCUT2D eigenvalue weighted by Gasteiger charge is 2.33. The maximum atomic E-state index is 12.7. The van der Waals surface area contributed by atoms with Crippen LogP contribution in [0.25, 0.3) is 5.76 Å². The SMILES string of the molecule is CC=C(O[SiH](C)C)c1ccc(Cl)c(C(F)(F)F)c1. The van der Waals surface area contributed by atoms with Crippen LogP contribution in [0.5, 0.6) is 0 Å². The number of halogens is 4. The second-order valence-corrected chi connectivity index (χ2v) is 6.75. The lowest BCUT2D eigenvalue weighted by molar-refractivity contribution is -0.137. The van der Waals surface area contributed by atoms with E-state index in [9.17, 15) is 13.2 Å². The first kappa shape index (κ1) is 15.1. The van der Waals surface area contributed by atoms with Crippen molar-refractivity contribution in [3.63, 3.8) is 0 Å². The van der Waals surface area contributed by atoms with Crippen molar-refractivity contribution < 1.29 is 17.6 Å². The lowest BCUT2D eigenvalue weighted by Gasteiger charge is -2.16. The number of hydrogen-bond acceptors (Lipinski definition) is 1. The van der Waals surface area contributed by atoms with Crippen LogP contribution in [0.1, 0.15) is 18.1 Å². The predicted molar refractivity (Wildman–Crippen MR) is 70.1 cm³/mol. The first-order valence-electron chi connectivity index (χ1n) is 5.45. The monoisotopic (exact) mass is 294 g/mol. The summed E-state index contributed by atoms with van der Waals surface area (Å²) in [4.78, 5) is 0. The van der Waals surface area contributed by atoms with Gasteiger partial charge in [-0.3, -0.25) is 0 Å². The molecule has 0 aromatic heterocycles. The maximum absolute atomic E-state index is 12.7. The summed E-state index contributed by atoms with van der Waals surface area (Å²) in [6, 6.07) is 3.80. The third kappa shape index (κ3) is 3.78. The molecule has 1 rings (SSSR count). The van der Waals surface area contributed by atoms with Crippen LogP contribution in [-0.4, -0.2) is 9.04 Å². The third-order valence-electron chi connectivity index (χ3n) is 2.18. The van der Waals surface area contributed by atoms with Crippen molar-refractivity contribution in [2.24, 2.45) is 0 Å². The summed E-state index contributed by atoms with van der Waals surface area (Å²) >= 11 is 5.56. The van der Waals surface area contributed by atoms with E-state index in [2.05, 4.69) is 0 Å². The first-order valence-corrected chi connectivity index (χ1v) is 8.61. The molecule has 18 heavy (non-hydrogen) atoms. The van der Waals surface area contributed by atoms with Crippen molar-refractivity contribution in [1.82, 2.24) is 0 Å². The highest BCUT2D eigenvalue weighted by Crippen LogP contribution is 2.36. The molecule has 0 spiro atoms. The van der Waals surface area contributed by atoms with Crippen LogP contribution in [0.4, 0.5) is 13.2 Å². The van der Waals surface area contributed by atoms with Crippen LogP contribution in [0.15, 0.2) is 24.3 Å². The molecule has 1 aromatic carbocycles. The van der Waals surface area contributed by atoms with E-state index in [0.29, 0.717) is 11.3 Å². The highest BCUT2D eigenvalue weighted by molar-refractivity contribution is 6.49. The van der Waals surface area contributed by atoms with Gasteiger partial charge >= 0.3 is 6.18 Å². The smallest absolute Gasteiger partial charge is 0.417 e. The van der Waals surface area contributed by atoms with Gasteiger partial charge in [0.15, 0.2) is 0 Å². The minimum Gasteiger partial charge on any atom is -0.547 e. The minimum atomic E-state index is -4.46. The van der Waals surface area contributed by atoms with Crippen molar-refractivity contribution in [3.05, 3.63) is 40.4 Å². The second kappa shape index (κ2) is 5.80. The van der Waals surface area contributed by atoms with E-state index < -0.39 is 20.8 Å². The van der Waals surface area contributed by atoms with Gasteiger partial charge in [0, 0.05) is 5.56 Å². The molecule has 0 unspecified atom stereocenters. The highest BCUT2D eigenvalue weighted by atomic mass is 35.5. The quantitative estimate of drug-likeness (QED) is 0.579. The molecule has 0 saturated carbocycles. The summed E-state index contributed by atoms with van der Waals surface area (Å²) in [5.41, 5.74) is -0.439. The molecule has 100 valence electrons. The van der Waals surface area contributed by atoms with E-state index in [1.54, 1.807) is 13.0 Å². The fourth-order valence-corrected chi connectivity index (χ4v) is 2.46. The molecule has 0 aliphatic heterocycles. The van der Waals surface area contributed by atoms with E-state index >= 15 is 0 Å². The Hall–Kier alpha value is -0.943. The number of benzene rings is 1. The summed E-state index contributed by atoms with van der Waals surface area (Å²) in [5, 5.41) is -0.302. The Morgan fingerprint density at radius 3 is 2.39 bits per heavy atom. The molecule has 6 heteroatoms. The van der Waals surface area contributed by atoms with E-state index in [-0.39, 0.29) is 5.02 Å². The molecule has 1 nitrogen and oxygen atoms in total. The maximum Gasteiger partial charge on any atom is 0.417 e. The summed E-state index contributed by atoms with van der Waals surface area (Å²) in [5.74, 6) is 0.471. The lowest BCUT2D eigenvalue weighted by atomic mass is 10.1. The van der Waals surface area contributed by atoms with Gasteiger partial charge in [0.25, 0.3) is 0 Å². The van der Waals surface area contributed by atoms with Gasteiger partial charge in [0.1, 0.15) is 5.76 Å². The lowest BCUT2D eigenvalue weighted by Crippen LogP contribution is -2.09. The third-order valence-corrected chi connectivity index (χ3v) is 3.24. The van der Waals surface area contributed by atoms with Gasteiger partial charge in [-0.1, -0.05) is 11.6 Å². The zero-order valence-corrected chi connectivity index (χ0v) is 12.2. The average Bonchev–Trinajstić information content (AvgIpc) is 2.25. The number of rotatable bonds is 3. The molecule has 0 atom stereocenters. The van der Waals surface area contributed by atoms with Gasteiger partial charge in [0.2, 0.25) is 9.04 Å². The molecule has 0 N–H and O–H groups in total. The van der Waals surface area contributed by atoms with Crippen LogP contribution in [-0.2, 0) is 10.6 Å². The van der Waals surface area contributed by atoms with E-state index in [0.717, 1.165) is 6.07 Å². The summed E-state index contributed by atoms with van der Waals surface area (Å²) in [6.45, 7) is 5.63. The molecule has 1 aromatic rings. The van der Waals surface area contributed by atoms with Crippen LogP contribution in [0.2, 0.25) is 18.1 Å². The Morgan fingerprint density at radius 1 is 1.33 bits per heavy atom. The molecule has 0 bridgehead atoms. The van der Waals surface area contributed by atoms with Gasteiger partial charge in [-0.2, -0.15) is 13.2 Å². The summed E-state index contributed by atoms with van der Waals surface area (Å²) < 4.78 is 43.8. The molecule has 0 aliphatic rings.